The van der Waals surface area contributed by atoms with Crippen molar-refractivity contribution in [2.45, 2.75) is 13.5 Å². The molecule has 2 heterocycles. The molecule has 3 aromatic rings. The van der Waals surface area contributed by atoms with Crippen LogP contribution in [0.25, 0.3) is 0 Å². The molecule has 126 valence electrons. The van der Waals surface area contributed by atoms with Gasteiger partial charge in [0.25, 0.3) is 5.91 Å². The lowest BCUT2D eigenvalue weighted by molar-refractivity contribution is 0.102. The fourth-order valence-electron chi connectivity index (χ4n) is 2.18. The van der Waals surface area contributed by atoms with E-state index >= 15 is 0 Å². The highest BCUT2D eigenvalue weighted by atomic mass is 79.9. The topological polar surface area (TPSA) is 79.8 Å². The predicted octanol–water partition coefficient (Wildman–Crippen LogP) is 3.81. The molecule has 3 rings (SSSR count). The highest BCUT2D eigenvalue weighted by molar-refractivity contribution is 9.10. The molecular formula is C18H16BrN5O. The SMILES string of the molecule is Cc1ccc(NC(=O)c2cc(NCc3ccncc3)ncn2)c(Br)c1. The first-order valence-electron chi connectivity index (χ1n) is 7.64. The fourth-order valence-corrected chi connectivity index (χ4v) is 2.77. The van der Waals surface area contributed by atoms with E-state index in [1.165, 1.54) is 6.33 Å². The number of halogens is 1. The number of benzene rings is 1. The number of pyridine rings is 1. The maximum Gasteiger partial charge on any atom is 0.274 e. The van der Waals surface area contributed by atoms with Crippen LogP contribution >= 0.6 is 15.9 Å². The highest BCUT2D eigenvalue weighted by Crippen LogP contribution is 2.23. The van der Waals surface area contributed by atoms with E-state index in [0.29, 0.717) is 23.7 Å². The minimum absolute atomic E-state index is 0.291. The third-order valence-electron chi connectivity index (χ3n) is 3.50. The largest absolute Gasteiger partial charge is 0.366 e. The predicted molar refractivity (Wildman–Crippen MR) is 100 cm³/mol. The molecule has 25 heavy (non-hydrogen) atoms. The first-order valence-corrected chi connectivity index (χ1v) is 8.43. The average molecular weight is 398 g/mol. The lowest BCUT2D eigenvalue weighted by Crippen LogP contribution is -2.15. The molecule has 0 aliphatic carbocycles. The minimum Gasteiger partial charge on any atom is -0.366 e. The second-order valence-electron chi connectivity index (χ2n) is 5.43. The van der Waals surface area contributed by atoms with Gasteiger partial charge in [0.2, 0.25) is 0 Å². The quantitative estimate of drug-likeness (QED) is 0.684. The van der Waals surface area contributed by atoms with Crippen molar-refractivity contribution in [3.8, 4) is 0 Å². The number of hydrogen-bond donors (Lipinski definition) is 2. The molecule has 1 aromatic carbocycles. The summed E-state index contributed by atoms with van der Waals surface area (Å²) in [5.41, 5.74) is 3.16. The molecular weight excluding hydrogens is 382 g/mol. The van der Waals surface area contributed by atoms with Crippen LogP contribution in [0.4, 0.5) is 11.5 Å². The van der Waals surface area contributed by atoms with E-state index in [0.717, 1.165) is 15.6 Å². The Kier molecular flexibility index (Phi) is 5.35. The lowest BCUT2D eigenvalue weighted by Gasteiger charge is -2.09. The molecule has 7 heteroatoms. The highest BCUT2D eigenvalue weighted by Gasteiger charge is 2.11. The Morgan fingerprint density at radius 2 is 1.92 bits per heavy atom. The molecule has 0 fully saturated rings. The van der Waals surface area contributed by atoms with Gasteiger partial charge in [0.1, 0.15) is 17.8 Å². The monoisotopic (exact) mass is 397 g/mol. The number of aryl methyl sites for hydroxylation is 1. The third kappa shape index (κ3) is 4.60. The Morgan fingerprint density at radius 1 is 1.12 bits per heavy atom. The molecule has 0 spiro atoms. The third-order valence-corrected chi connectivity index (χ3v) is 4.15. The molecule has 0 bridgehead atoms. The Bertz CT molecular complexity index is 886. The minimum atomic E-state index is -0.293. The molecule has 1 amide bonds. The molecule has 0 unspecified atom stereocenters. The van der Waals surface area contributed by atoms with Crippen LogP contribution in [0.2, 0.25) is 0 Å². The molecule has 2 aromatic heterocycles. The lowest BCUT2D eigenvalue weighted by atomic mass is 10.2. The second kappa shape index (κ2) is 7.85. The molecule has 0 aliphatic rings. The summed E-state index contributed by atoms with van der Waals surface area (Å²) in [6, 6.07) is 11.2. The van der Waals surface area contributed by atoms with Crippen LogP contribution in [0.3, 0.4) is 0 Å². The smallest absolute Gasteiger partial charge is 0.274 e. The summed E-state index contributed by atoms with van der Waals surface area (Å²) in [6.07, 6.45) is 4.83. The van der Waals surface area contributed by atoms with E-state index in [-0.39, 0.29) is 5.91 Å². The van der Waals surface area contributed by atoms with Crippen LogP contribution in [0.15, 0.2) is 59.6 Å². The Labute approximate surface area is 153 Å². The maximum absolute atomic E-state index is 12.4. The Hall–Kier alpha value is -2.80. The Balaban J connectivity index is 1.69. The Morgan fingerprint density at radius 3 is 2.68 bits per heavy atom. The molecule has 6 nitrogen and oxygen atoms in total. The van der Waals surface area contributed by atoms with Gasteiger partial charge < -0.3 is 10.6 Å². The van der Waals surface area contributed by atoms with Crippen molar-refractivity contribution in [3.63, 3.8) is 0 Å². The van der Waals surface area contributed by atoms with Crippen LogP contribution < -0.4 is 10.6 Å². The van der Waals surface area contributed by atoms with Crippen molar-refractivity contribution >= 4 is 33.3 Å². The zero-order chi connectivity index (χ0) is 17.6. The maximum atomic E-state index is 12.4. The van der Waals surface area contributed by atoms with E-state index in [9.17, 15) is 4.79 Å². The molecule has 0 saturated carbocycles. The van der Waals surface area contributed by atoms with Crippen molar-refractivity contribution in [3.05, 3.63) is 76.4 Å². The molecule has 0 saturated heterocycles. The van der Waals surface area contributed by atoms with Gasteiger partial charge in [-0.15, -0.1) is 0 Å². The van der Waals surface area contributed by atoms with Gasteiger partial charge in [-0.1, -0.05) is 6.07 Å². The van der Waals surface area contributed by atoms with Gasteiger partial charge in [-0.25, -0.2) is 9.97 Å². The number of amides is 1. The van der Waals surface area contributed by atoms with E-state index in [1.807, 2.05) is 37.3 Å². The summed E-state index contributed by atoms with van der Waals surface area (Å²) in [5.74, 6) is 0.291. The van der Waals surface area contributed by atoms with Gasteiger partial charge in [0.15, 0.2) is 0 Å². The van der Waals surface area contributed by atoms with Crippen molar-refractivity contribution in [2.24, 2.45) is 0 Å². The van der Waals surface area contributed by atoms with Gasteiger partial charge in [-0.2, -0.15) is 0 Å². The van der Waals surface area contributed by atoms with Crippen LogP contribution in [-0.4, -0.2) is 20.9 Å². The molecule has 2 N–H and O–H groups in total. The van der Waals surface area contributed by atoms with Gasteiger partial charge in [0.05, 0.1) is 5.69 Å². The summed E-state index contributed by atoms with van der Waals surface area (Å²) in [5, 5.41) is 6.01. The summed E-state index contributed by atoms with van der Waals surface area (Å²) in [6.45, 7) is 2.58. The zero-order valence-corrected chi connectivity index (χ0v) is 15.1. The van der Waals surface area contributed by atoms with E-state index in [4.69, 9.17) is 0 Å². The number of carbonyl (C=O) groups excluding carboxylic acids is 1. The van der Waals surface area contributed by atoms with Crippen molar-refractivity contribution in [1.82, 2.24) is 15.0 Å². The average Bonchev–Trinajstić information content (AvgIpc) is 2.63. The normalized spacial score (nSPS) is 10.3. The number of hydrogen-bond acceptors (Lipinski definition) is 5. The van der Waals surface area contributed by atoms with Gasteiger partial charge in [-0.05, 0) is 58.2 Å². The van der Waals surface area contributed by atoms with Crippen LogP contribution in [0, 0.1) is 6.92 Å². The van der Waals surface area contributed by atoms with Crippen molar-refractivity contribution in [1.29, 1.82) is 0 Å². The first-order chi connectivity index (χ1) is 12.1. The van der Waals surface area contributed by atoms with E-state index in [1.54, 1.807) is 18.5 Å². The number of nitrogens with one attached hydrogen (secondary N) is 2. The van der Waals surface area contributed by atoms with Gasteiger partial charge in [-0.3, -0.25) is 9.78 Å². The standard InChI is InChI=1S/C18H16BrN5O/c1-12-2-3-15(14(19)8-12)24-18(25)16-9-17(23-11-22-16)21-10-13-4-6-20-7-5-13/h2-9,11H,10H2,1H3,(H,24,25)(H,21,22,23). The number of rotatable bonds is 5. The van der Waals surface area contributed by atoms with Crippen molar-refractivity contribution < 1.29 is 4.79 Å². The summed E-state index contributed by atoms with van der Waals surface area (Å²) in [7, 11) is 0. The van der Waals surface area contributed by atoms with E-state index in [2.05, 4.69) is 41.5 Å². The van der Waals surface area contributed by atoms with Gasteiger partial charge >= 0.3 is 0 Å². The summed E-state index contributed by atoms with van der Waals surface area (Å²) >= 11 is 3.45. The number of nitrogens with zero attached hydrogens (tertiary/aromatic N) is 3. The van der Waals surface area contributed by atoms with E-state index < -0.39 is 0 Å². The second-order valence-corrected chi connectivity index (χ2v) is 6.29. The number of carbonyl (C=O) groups is 1. The zero-order valence-electron chi connectivity index (χ0n) is 13.5. The summed E-state index contributed by atoms with van der Waals surface area (Å²) in [4.78, 5) is 24.6. The van der Waals surface area contributed by atoms with Gasteiger partial charge in [0, 0.05) is 29.5 Å². The fraction of sp³-hybridized carbons (Fsp3) is 0.111. The summed E-state index contributed by atoms with van der Waals surface area (Å²) < 4.78 is 0.825. The number of anilines is 2. The van der Waals surface area contributed by atoms with Crippen LogP contribution in [0.1, 0.15) is 21.6 Å². The van der Waals surface area contributed by atoms with Crippen molar-refractivity contribution in [2.75, 3.05) is 10.6 Å². The van der Waals surface area contributed by atoms with Crippen LogP contribution in [-0.2, 0) is 6.54 Å². The van der Waals surface area contributed by atoms with Crippen LogP contribution in [0.5, 0.6) is 0 Å². The first kappa shape index (κ1) is 17.0. The molecule has 0 radical (unpaired) electrons. The number of aromatic nitrogens is 3. The molecule has 0 aliphatic heterocycles. The molecule has 0 atom stereocenters.